The topological polar surface area (TPSA) is 50.8 Å². The number of nitrogens with zero attached hydrogens (tertiary/aromatic N) is 1. The summed E-state index contributed by atoms with van der Waals surface area (Å²) in [5.74, 6) is 1.95. The van der Waals surface area contributed by atoms with E-state index in [1.54, 1.807) is 0 Å². The van der Waals surface area contributed by atoms with Crippen molar-refractivity contribution in [1.82, 2.24) is 10.2 Å². The number of nitrogens with one attached hydrogen (secondary N) is 1. The Labute approximate surface area is 149 Å². The predicted octanol–water partition coefficient (Wildman–Crippen LogP) is 3.36. The van der Waals surface area contributed by atoms with Crippen molar-refractivity contribution in [2.75, 3.05) is 19.7 Å². The van der Waals surface area contributed by atoms with Gasteiger partial charge in [0.25, 0.3) is 0 Å². The van der Waals surface area contributed by atoms with Crippen LogP contribution in [0.15, 0.2) is 24.3 Å². The number of benzene rings is 1. The lowest BCUT2D eigenvalue weighted by Crippen LogP contribution is -2.41. The number of hydrogen-bond acceptors (Lipinski definition) is 3. The lowest BCUT2D eigenvalue weighted by Gasteiger charge is -2.25. The number of fused-ring (bicyclic) bond motifs is 5. The molecule has 5 nitrogen and oxygen atoms in total. The number of urea groups is 1. The quantitative estimate of drug-likeness (QED) is 0.891. The molecule has 0 aromatic heterocycles. The Kier molecular flexibility index (Phi) is 4.59. The van der Waals surface area contributed by atoms with Gasteiger partial charge < -0.3 is 19.7 Å². The lowest BCUT2D eigenvalue weighted by molar-refractivity contribution is 0.0737. The molecule has 3 aliphatic heterocycles. The maximum atomic E-state index is 12.9. The second kappa shape index (κ2) is 6.87. The number of carbonyl (C=O) groups is 1. The first-order valence-corrected chi connectivity index (χ1v) is 9.63. The number of rotatable bonds is 5. The zero-order valence-corrected chi connectivity index (χ0v) is 15.1. The van der Waals surface area contributed by atoms with Gasteiger partial charge in [-0.25, -0.2) is 4.79 Å². The van der Waals surface area contributed by atoms with E-state index < -0.39 is 0 Å². The highest BCUT2D eigenvalue weighted by molar-refractivity contribution is 5.75. The van der Waals surface area contributed by atoms with E-state index in [4.69, 9.17) is 9.47 Å². The summed E-state index contributed by atoms with van der Waals surface area (Å²) in [7, 11) is 0. The van der Waals surface area contributed by atoms with E-state index >= 15 is 0 Å². The van der Waals surface area contributed by atoms with Crippen LogP contribution in [0.3, 0.4) is 0 Å². The molecule has 4 rings (SSSR count). The van der Waals surface area contributed by atoms with Crippen molar-refractivity contribution in [1.29, 1.82) is 0 Å². The zero-order valence-electron chi connectivity index (χ0n) is 15.1. The molecule has 3 fully saturated rings. The lowest BCUT2D eigenvalue weighted by atomic mass is 9.82. The molecular formula is C20H28N2O3. The van der Waals surface area contributed by atoms with Crippen molar-refractivity contribution in [3.05, 3.63) is 29.8 Å². The van der Waals surface area contributed by atoms with Crippen LogP contribution in [-0.2, 0) is 4.74 Å². The highest BCUT2D eigenvalue weighted by atomic mass is 16.5. The van der Waals surface area contributed by atoms with Crippen LogP contribution >= 0.6 is 0 Å². The van der Waals surface area contributed by atoms with Crippen LogP contribution in [0.2, 0.25) is 0 Å². The summed E-state index contributed by atoms with van der Waals surface area (Å²) in [6.45, 7) is 6.37. The first kappa shape index (κ1) is 16.7. The molecule has 1 aromatic carbocycles. The van der Waals surface area contributed by atoms with Crippen LogP contribution < -0.4 is 10.1 Å². The molecule has 5 atom stereocenters. The van der Waals surface area contributed by atoms with Crippen molar-refractivity contribution < 1.29 is 14.3 Å². The fraction of sp³-hybridized carbons (Fsp3) is 0.650. The van der Waals surface area contributed by atoms with E-state index in [0.29, 0.717) is 30.7 Å². The molecule has 3 aliphatic rings. The molecule has 0 saturated carbocycles. The first-order chi connectivity index (χ1) is 12.2. The Morgan fingerprint density at radius 1 is 1.24 bits per heavy atom. The van der Waals surface area contributed by atoms with Crippen LogP contribution in [0.1, 0.15) is 44.7 Å². The summed E-state index contributed by atoms with van der Waals surface area (Å²) in [4.78, 5) is 14.9. The van der Waals surface area contributed by atoms with Gasteiger partial charge in [0.15, 0.2) is 0 Å². The Bertz CT molecular complexity index is 617. The maximum Gasteiger partial charge on any atom is 0.317 e. The number of hydrogen-bond donors (Lipinski definition) is 1. The van der Waals surface area contributed by atoms with Crippen molar-refractivity contribution in [2.24, 2.45) is 11.8 Å². The Morgan fingerprint density at radius 2 is 1.92 bits per heavy atom. The average molecular weight is 344 g/mol. The second-order valence-corrected chi connectivity index (χ2v) is 7.40. The molecule has 2 amide bonds. The number of carbonyl (C=O) groups excluding carboxylic acids is 1. The molecule has 5 heteroatoms. The molecule has 3 heterocycles. The van der Waals surface area contributed by atoms with Crippen LogP contribution in [-0.4, -0.2) is 42.8 Å². The molecular weight excluding hydrogens is 316 g/mol. The summed E-state index contributed by atoms with van der Waals surface area (Å²) in [6.07, 6.45) is 3.94. The minimum absolute atomic E-state index is 0.0244. The molecule has 0 spiro atoms. The van der Waals surface area contributed by atoms with Gasteiger partial charge in [-0.2, -0.15) is 0 Å². The van der Waals surface area contributed by atoms with Gasteiger partial charge in [-0.3, -0.25) is 0 Å². The highest BCUT2D eigenvalue weighted by Crippen LogP contribution is 2.47. The van der Waals surface area contributed by atoms with Gasteiger partial charge in [-0.15, -0.1) is 0 Å². The van der Waals surface area contributed by atoms with E-state index in [9.17, 15) is 4.79 Å². The van der Waals surface area contributed by atoms with Gasteiger partial charge in [0.1, 0.15) is 5.75 Å². The summed E-state index contributed by atoms with van der Waals surface area (Å²) < 4.78 is 11.7. The molecule has 1 N–H and O–H groups in total. The fourth-order valence-corrected chi connectivity index (χ4v) is 4.82. The van der Waals surface area contributed by atoms with Crippen molar-refractivity contribution in [2.45, 2.75) is 51.4 Å². The number of ether oxygens (including phenoxy) is 2. The number of likely N-dealkylation sites (tertiary alicyclic amines) is 1. The molecule has 0 radical (unpaired) electrons. The van der Waals surface area contributed by atoms with E-state index in [-0.39, 0.29) is 12.1 Å². The monoisotopic (exact) mass is 344 g/mol. The van der Waals surface area contributed by atoms with Gasteiger partial charge in [0, 0.05) is 30.5 Å². The zero-order chi connectivity index (χ0) is 17.4. The third kappa shape index (κ3) is 2.99. The van der Waals surface area contributed by atoms with Gasteiger partial charge >= 0.3 is 6.03 Å². The molecule has 136 valence electrons. The largest absolute Gasteiger partial charge is 0.494 e. The third-order valence-corrected chi connectivity index (χ3v) is 6.04. The SMILES string of the molecule is CCOc1ccccc1C(CC)NC(=O)N1CC2C3CCC(O3)C2C1. The highest BCUT2D eigenvalue weighted by Gasteiger charge is 2.53. The smallest absolute Gasteiger partial charge is 0.317 e. The maximum absolute atomic E-state index is 12.9. The fourth-order valence-electron chi connectivity index (χ4n) is 4.82. The normalized spacial score (nSPS) is 31.0. The Morgan fingerprint density at radius 3 is 2.56 bits per heavy atom. The van der Waals surface area contributed by atoms with Crippen molar-refractivity contribution in [3.8, 4) is 5.75 Å². The predicted molar refractivity (Wildman–Crippen MR) is 95.6 cm³/mol. The standard InChI is InChI=1S/C20H28N2O3/c1-3-16(13-7-5-6-8-17(13)24-4-2)21-20(23)22-11-14-15(12-22)19-10-9-18(14)25-19/h5-8,14-16,18-19H,3-4,9-12H2,1-2H3,(H,21,23). The summed E-state index contributed by atoms with van der Waals surface area (Å²) in [6, 6.07) is 8.02. The molecule has 25 heavy (non-hydrogen) atoms. The minimum Gasteiger partial charge on any atom is -0.494 e. The van der Waals surface area contributed by atoms with Gasteiger partial charge in [0.05, 0.1) is 24.9 Å². The van der Waals surface area contributed by atoms with Crippen LogP contribution in [0.25, 0.3) is 0 Å². The molecule has 1 aromatic rings. The Balaban J connectivity index is 1.43. The molecule has 3 saturated heterocycles. The van der Waals surface area contributed by atoms with E-state index in [1.165, 1.54) is 12.8 Å². The molecule has 0 aliphatic carbocycles. The van der Waals surface area contributed by atoms with Crippen LogP contribution in [0.5, 0.6) is 5.75 Å². The van der Waals surface area contributed by atoms with Gasteiger partial charge in [0.2, 0.25) is 0 Å². The number of amides is 2. The van der Waals surface area contributed by atoms with Gasteiger partial charge in [-0.1, -0.05) is 25.1 Å². The average Bonchev–Trinajstić information content (AvgIpc) is 3.33. The van der Waals surface area contributed by atoms with E-state index in [2.05, 4.69) is 12.2 Å². The van der Waals surface area contributed by atoms with E-state index in [0.717, 1.165) is 30.8 Å². The van der Waals surface area contributed by atoms with Crippen LogP contribution in [0.4, 0.5) is 4.79 Å². The Hall–Kier alpha value is -1.75. The summed E-state index contributed by atoms with van der Waals surface area (Å²) in [5, 5.41) is 3.23. The third-order valence-electron chi connectivity index (χ3n) is 6.04. The molecule has 2 bridgehead atoms. The van der Waals surface area contributed by atoms with Gasteiger partial charge in [-0.05, 0) is 32.3 Å². The summed E-state index contributed by atoms with van der Waals surface area (Å²) in [5.41, 5.74) is 1.06. The second-order valence-electron chi connectivity index (χ2n) is 7.40. The van der Waals surface area contributed by atoms with Crippen molar-refractivity contribution in [3.63, 3.8) is 0 Å². The van der Waals surface area contributed by atoms with Crippen LogP contribution in [0, 0.1) is 11.8 Å². The van der Waals surface area contributed by atoms with Crippen molar-refractivity contribution >= 4 is 6.03 Å². The molecule has 5 unspecified atom stereocenters. The number of para-hydroxylation sites is 1. The minimum atomic E-state index is -0.0244. The first-order valence-electron chi connectivity index (χ1n) is 9.63. The van der Waals surface area contributed by atoms with E-state index in [1.807, 2.05) is 36.1 Å². The summed E-state index contributed by atoms with van der Waals surface area (Å²) >= 11 is 0.